The molecular formula is C15H23N3O3. The summed E-state index contributed by atoms with van der Waals surface area (Å²) in [6.07, 6.45) is 6.44. The number of likely N-dealkylation sites (tertiary alicyclic amines) is 1. The van der Waals surface area contributed by atoms with Crippen molar-refractivity contribution in [1.82, 2.24) is 15.5 Å². The maximum absolute atomic E-state index is 12.2. The van der Waals surface area contributed by atoms with Gasteiger partial charge in [-0.05, 0) is 44.4 Å². The van der Waals surface area contributed by atoms with Crippen LogP contribution < -0.4 is 10.6 Å². The Morgan fingerprint density at radius 1 is 1.05 bits per heavy atom. The van der Waals surface area contributed by atoms with Crippen LogP contribution in [0.4, 0.5) is 0 Å². The first-order valence-corrected chi connectivity index (χ1v) is 8.00. The van der Waals surface area contributed by atoms with Gasteiger partial charge < -0.3 is 15.5 Å². The summed E-state index contributed by atoms with van der Waals surface area (Å²) in [6.45, 7) is 0.624. The molecule has 2 aliphatic carbocycles. The average Bonchev–Trinajstić information content (AvgIpc) is 3.37. The number of amides is 3. The van der Waals surface area contributed by atoms with Crippen molar-refractivity contribution in [2.24, 2.45) is 5.92 Å². The molecule has 116 valence electrons. The summed E-state index contributed by atoms with van der Waals surface area (Å²) in [6, 6.07) is -0.0354. The van der Waals surface area contributed by atoms with E-state index in [1.165, 1.54) is 0 Å². The average molecular weight is 293 g/mol. The van der Waals surface area contributed by atoms with Gasteiger partial charge in [0.15, 0.2) is 0 Å². The molecule has 1 atom stereocenters. The summed E-state index contributed by atoms with van der Waals surface area (Å²) in [7, 11) is 0. The van der Waals surface area contributed by atoms with Gasteiger partial charge in [0.05, 0.1) is 6.54 Å². The first-order valence-electron chi connectivity index (χ1n) is 8.00. The van der Waals surface area contributed by atoms with E-state index < -0.39 is 0 Å². The van der Waals surface area contributed by atoms with Gasteiger partial charge in [0.2, 0.25) is 17.7 Å². The van der Waals surface area contributed by atoms with Gasteiger partial charge in [-0.15, -0.1) is 0 Å². The van der Waals surface area contributed by atoms with E-state index in [4.69, 9.17) is 0 Å². The lowest BCUT2D eigenvalue weighted by Gasteiger charge is -2.24. The molecule has 3 aliphatic rings. The van der Waals surface area contributed by atoms with Gasteiger partial charge in [0.1, 0.15) is 6.04 Å². The molecule has 3 amide bonds. The Morgan fingerprint density at radius 3 is 2.48 bits per heavy atom. The fraction of sp³-hybridized carbons (Fsp3) is 0.800. The van der Waals surface area contributed by atoms with Crippen LogP contribution in [-0.4, -0.2) is 47.8 Å². The molecule has 6 nitrogen and oxygen atoms in total. The predicted molar refractivity (Wildman–Crippen MR) is 76.3 cm³/mol. The van der Waals surface area contributed by atoms with E-state index in [-0.39, 0.29) is 30.3 Å². The van der Waals surface area contributed by atoms with Crippen molar-refractivity contribution in [3.05, 3.63) is 0 Å². The highest BCUT2D eigenvalue weighted by Crippen LogP contribution is 2.32. The number of nitrogens with zero attached hydrogens (tertiary/aromatic N) is 1. The third-order valence-electron chi connectivity index (χ3n) is 4.41. The number of hydrogen-bond donors (Lipinski definition) is 2. The lowest BCUT2D eigenvalue weighted by atomic mass is 10.2. The second-order valence-electron chi connectivity index (χ2n) is 6.45. The molecule has 0 aromatic carbocycles. The normalized spacial score (nSPS) is 24.8. The number of carbonyl (C=O) groups is 3. The van der Waals surface area contributed by atoms with E-state index in [1.54, 1.807) is 4.90 Å². The summed E-state index contributed by atoms with van der Waals surface area (Å²) in [5.74, 6) is 0.285. The zero-order chi connectivity index (χ0) is 14.8. The second-order valence-corrected chi connectivity index (χ2v) is 6.45. The maximum atomic E-state index is 12.2. The highest BCUT2D eigenvalue weighted by atomic mass is 16.2. The first-order chi connectivity index (χ1) is 10.1. The highest BCUT2D eigenvalue weighted by molar-refractivity contribution is 5.90. The molecule has 0 radical (unpaired) electrons. The highest BCUT2D eigenvalue weighted by Gasteiger charge is 2.36. The lowest BCUT2D eigenvalue weighted by Crippen LogP contribution is -2.49. The number of carbonyl (C=O) groups excluding carboxylic acids is 3. The molecule has 21 heavy (non-hydrogen) atoms. The van der Waals surface area contributed by atoms with Crippen LogP contribution in [0.2, 0.25) is 0 Å². The summed E-state index contributed by atoms with van der Waals surface area (Å²) in [5.41, 5.74) is 0. The van der Waals surface area contributed by atoms with E-state index in [2.05, 4.69) is 10.6 Å². The molecule has 0 spiro atoms. The second kappa shape index (κ2) is 6.03. The van der Waals surface area contributed by atoms with Crippen molar-refractivity contribution < 1.29 is 14.4 Å². The molecule has 3 rings (SSSR count). The zero-order valence-corrected chi connectivity index (χ0v) is 12.3. The van der Waals surface area contributed by atoms with Gasteiger partial charge in [-0.25, -0.2) is 0 Å². The Bertz CT molecular complexity index is 443. The minimum atomic E-state index is -0.349. The van der Waals surface area contributed by atoms with Crippen molar-refractivity contribution >= 4 is 17.7 Å². The maximum Gasteiger partial charge on any atom is 0.243 e. The zero-order valence-electron chi connectivity index (χ0n) is 12.3. The third-order valence-corrected chi connectivity index (χ3v) is 4.41. The van der Waals surface area contributed by atoms with Crippen LogP contribution in [0, 0.1) is 5.92 Å². The van der Waals surface area contributed by atoms with Crippen LogP contribution in [0.25, 0.3) is 0 Å². The van der Waals surface area contributed by atoms with E-state index in [9.17, 15) is 14.4 Å². The summed E-state index contributed by atoms with van der Waals surface area (Å²) < 4.78 is 0. The molecule has 1 aliphatic heterocycles. The fourth-order valence-corrected chi connectivity index (χ4v) is 2.79. The molecule has 0 bridgehead atoms. The van der Waals surface area contributed by atoms with Crippen molar-refractivity contribution in [1.29, 1.82) is 0 Å². The monoisotopic (exact) mass is 293 g/mol. The summed E-state index contributed by atoms with van der Waals surface area (Å²) in [4.78, 5) is 37.5. The molecule has 2 saturated carbocycles. The smallest absolute Gasteiger partial charge is 0.243 e. The summed E-state index contributed by atoms with van der Waals surface area (Å²) >= 11 is 0. The Kier molecular flexibility index (Phi) is 4.12. The van der Waals surface area contributed by atoms with E-state index >= 15 is 0 Å². The number of hydrogen-bond acceptors (Lipinski definition) is 3. The number of nitrogens with one attached hydrogen (secondary N) is 2. The van der Waals surface area contributed by atoms with E-state index in [0.29, 0.717) is 24.9 Å². The minimum absolute atomic E-state index is 0.0127. The molecular weight excluding hydrogens is 270 g/mol. The molecule has 0 unspecified atom stereocenters. The molecule has 1 saturated heterocycles. The molecule has 1 heterocycles. The molecule has 0 aromatic heterocycles. The molecule has 3 fully saturated rings. The Morgan fingerprint density at radius 2 is 1.81 bits per heavy atom. The van der Waals surface area contributed by atoms with Gasteiger partial charge in [-0.2, -0.15) is 0 Å². The van der Waals surface area contributed by atoms with Crippen molar-refractivity contribution in [2.45, 2.75) is 57.0 Å². The van der Waals surface area contributed by atoms with E-state index in [1.807, 2.05) is 0 Å². The van der Waals surface area contributed by atoms with Gasteiger partial charge in [-0.1, -0.05) is 0 Å². The van der Waals surface area contributed by atoms with Gasteiger partial charge >= 0.3 is 0 Å². The van der Waals surface area contributed by atoms with Crippen LogP contribution in [0.15, 0.2) is 0 Å². The van der Waals surface area contributed by atoms with Crippen molar-refractivity contribution in [3.63, 3.8) is 0 Å². The molecule has 2 N–H and O–H groups in total. The topological polar surface area (TPSA) is 78.5 Å². The van der Waals surface area contributed by atoms with Gasteiger partial charge in [0.25, 0.3) is 0 Å². The van der Waals surface area contributed by atoms with E-state index in [0.717, 1.165) is 38.5 Å². The van der Waals surface area contributed by atoms with Crippen LogP contribution in [0.5, 0.6) is 0 Å². The lowest BCUT2D eigenvalue weighted by molar-refractivity contribution is -0.138. The summed E-state index contributed by atoms with van der Waals surface area (Å²) in [5, 5.41) is 5.64. The quantitative estimate of drug-likeness (QED) is 0.733. The molecule has 6 heteroatoms. The van der Waals surface area contributed by atoms with Crippen LogP contribution in [-0.2, 0) is 14.4 Å². The predicted octanol–water partition coefficient (Wildman–Crippen LogP) is 0.172. The van der Waals surface area contributed by atoms with Crippen molar-refractivity contribution in [2.75, 3.05) is 13.1 Å². The Labute approximate surface area is 124 Å². The Balaban J connectivity index is 1.45. The third kappa shape index (κ3) is 3.95. The SMILES string of the molecule is O=C(CC1CC1)NCC(=O)N1CCC[C@H]1C(=O)NC1CC1. The van der Waals surface area contributed by atoms with Crippen LogP contribution in [0.1, 0.15) is 44.9 Å². The minimum Gasteiger partial charge on any atom is -0.352 e. The first kappa shape index (κ1) is 14.4. The van der Waals surface area contributed by atoms with Crippen LogP contribution in [0.3, 0.4) is 0 Å². The van der Waals surface area contributed by atoms with Gasteiger partial charge in [-0.3, -0.25) is 14.4 Å². The Hall–Kier alpha value is -1.59. The fourth-order valence-electron chi connectivity index (χ4n) is 2.79. The number of rotatable bonds is 6. The van der Waals surface area contributed by atoms with Gasteiger partial charge in [0, 0.05) is 19.0 Å². The van der Waals surface area contributed by atoms with Crippen LogP contribution >= 0.6 is 0 Å². The largest absolute Gasteiger partial charge is 0.352 e. The standard InChI is InChI=1S/C15H23N3O3/c19-13(8-10-3-4-10)16-9-14(20)18-7-1-2-12(18)15(21)17-11-5-6-11/h10-12H,1-9H2,(H,16,19)(H,17,21)/t12-/m0/s1. The molecule has 0 aromatic rings. The van der Waals surface area contributed by atoms with Crippen molar-refractivity contribution in [3.8, 4) is 0 Å².